The second-order valence-electron chi connectivity index (χ2n) is 4.29. The van der Waals surface area contributed by atoms with E-state index in [1.54, 1.807) is 0 Å². The minimum absolute atomic E-state index is 0.0545. The molecule has 0 bridgehead atoms. The van der Waals surface area contributed by atoms with Crippen LogP contribution in [0, 0.1) is 0 Å². The molecule has 0 amide bonds. The minimum Gasteiger partial charge on any atom is -0.364 e. The summed E-state index contributed by atoms with van der Waals surface area (Å²) in [5.41, 5.74) is 3.17. The number of ether oxygens (including phenoxy) is 1. The lowest BCUT2D eigenvalue weighted by atomic mass is 9.94. The first-order valence-corrected chi connectivity index (χ1v) is 5.81. The van der Waals surface area contributed by atoms with E-state index in [2.05, 4.69) is 6.07 Å². The smallest absolute Gasteiger partial charge is 0.182 e. The van der Waals surface area contributed by atoms with E-state index in [1.165, 1.54) is 5.56 Å². The molecule has 2 unspecified atom stereocenters. The third-order valence-electron chi connectivity index (χ3n) is 3.19. The van der Waals surface area contributed by atoms with Gasteiger partial charge in [0.15, 0.2) is 6.29 Å². The van der Waals surface area contributed by atoms with E-state index in [4.69, 9.17) is 4.74 Å². The van der Waals surface area contributed by atoms with Crippen LogP contribution in [-0.2, 0) is 11.2 Å². The molecule has 3 rings (SSSR count). The SMILES string of the molecule is OC1OC(c2ccccc2)Cc2ccccc21. The first-order valence-electron chi connectivity index (χ1n) is 5.81. The van der Waals surface area contributed by atoms with Gasteiger partial charge in [-0.25, -0.2) is 0 Å². The Balaban J connectivity index is 1.94. The maximum atomic E-state index is 9.97. The maximum absolute atomic E-state index is 9.97. The van der Waals surface area contributed by atoms with Gasteiger partial charge in [0.05, 0.1) is 6.10 Å². The molecule has 0 aliphatic carbocycles. The monoisotopic (exact) mass is 226 g/mol. The fourth-order valence-corrected chi connectivity index (χ4v) is 2.30. The Kier molecular flexibility index (Phi) is 2.67. The van der Waals surface area contributed by atoms with Crippen LogP contribution in [0.3, 0.4) is 0 Å². The fraction of sp³-hybridized carbons (Fsp3) is 0.200. The number of fused-ring (bicyclic) bond motifs is 1. The summed E-state index contributed by atoms with van der Waals surface area (Å²) in [7, 11) is 0. The predicted octanol–water partition coefficient (Wildman–Crippen LogP) is 2.99. The molecule has 0 saturated heterocycles. The third kappa shape index (κ3) is 1.97. The average Bonchev–Trinajstić information content (AvgIpc) is 2.40. The van der Waals surface area contributed by atoms with Crippen molar-refractivity contribution >= 4 is 0 Å². The highest BCUT2D eigenvalue weighted by Gasteiger charge is 2.26. The predicted molar refractivity (Wildman–Crippen MR) is 65.4 cm³/mol. The molecule has 1 heterocycles. The van der Waals surface area contributed by atoms with Crippen LogP contribution in [0.1, 0.15) is 29.1 Å². The topological polar surface area (TPSA) is 29.5 Å². The largest absolute Gasteiger partial charge is 0.364 e. The van der Waals surface area contributed by atoms with Crippen LogP contribution < -0.4 is 0 Å². The lowest BCUT2D eigenvalue weighted by molar-refractivity contribution is -0.151. The van der Waals surface area contributed by atoms with Crippen molar-refractivity contribution in [3.8, 4) is 0 Å². The number of aliphatic hydroxyl groups is 1. The Bertz CT molecular complexity index is 507. The van der Waals surface area contributed by atoms with Crippen molar-refractivity contribution in [3.05, 3.63) is 71.3 Å². The molecule has 1 aliphatic heterocycles. The molecule has 0 radical (unpaired) electrons. The van der Waals surface area contributed by atoms with Gasteiger partial charge in [0, 0.05) is 12.0 Å². The van der Waals surface area contributed by atoms with Gasteiger partial charge in [0.2, 0.25) is 0 Å². The molecule has 0 saturated carbocycles. The number of benzene rings is 2. The summed E-state index contributed by atoms with van der Waals surface area (Å²) in [4.78, 5) is 0. The zero-order valence-corrected chi connectivity index (χ0v) is 9.41. The first-order chi connectivity index (χ1) is 8.34. The van der Waals surface area contributed by atoms with Crippen molar-refractivity contribution in [3.63, 3.8) is 0 Å². The number of hydrogen-bond acceptors (Lipinski definition) is 2. The van der Waals surface area contributed by atoms with Gasteiger partial charge in [-0.15, -0.1) is 0 Å². The fourth-order valence-electron chi connectivity index (χ4n) is 2.30. The molecular weight excluding hydrogens is 212 g/mol. The molecule has 2 atom stereocenters. The van der Waals surface area contributed by atoms with Gasteiger partial charge >= 0.3 is 0 Å². The zero-order chi connectivity index (χ0) is 11.7. The van der Waals surface area contributed by atoms with Crippen LogP contribution in [0.5, 0.6) is 0 Å². The highest BCUT2D eigenvalue weighted by molar-refractivity contribution is 5.32. The summed E-state index contributed by atoms with van der Waals surface area (Å²) < 4.78 is 5.65. The molecule has 0 aromatic heterocycles. The van der Waals surface area contributed by atoms with Crippen molar-refractivity contribution in [1.82, 2.24) is 0 Å². The van der Waals surface area contributed by atoms with Gasteiger partial charge in [-0.05, 0) is 11.1 Å². The molecule has 2 aromatic rings. The van der Waals surface area contributed by atoms with E-state index in [0.717, 1.165) is 17.5 Å². The van der Waals surface area contributed by atoms with E-state index >= 15 is 0 Å². The Labute approximate surface area is 100 Å². The molecule has 86 valence electrons. The maximum Gasteiger partial charge on any atom is 0.182 e. The summed E-state index contributed by atoms with van der Waals surface area (Å²) in [6.07, 6.45) is -0.0525. The molecular formula is C15H14O2. The van der Waals surface area contributed by atoms with Crippen LogP contribution >= 0.6 is 0 Å². The van der Waals surface area contributed by atoms with E-state index < -0.39 is 6.29 Å². The summed E-state index contributed by atoms with van der Waals surface area (Å²) in [5.74, 6) is 0. The van der Waals surface area contributed by atoms with Crippen LogP contribution in [0.25, 0.3) is 0 Å². The van der Waals surface area contributed by atoms with Crippen LogP contribution in [0.2, 0.25) is 0 Å². The highest BCUT2D eigenvalue weighted by Crippen LogP contribution is 2.35. The first kappa shape index (κ1) is 10.5. The Morgan fingerprint density at radius 3 is 2.47 bits per heavy atom. The Morgan fingerprint density at radius 2 is 1.65 bits per heavy atom. The quantitative estimate of drug-likeness (QED) is 0.810. The minimum atomic E-state index is -0.815. The highest BCUT2D eigenvalue weighted by atomic mass is 16.6. The summed E-state index contributed by atoms with van der Waals surface area (Å²) in [6.45, 7) is 0. The van der Waals surface area contributed by atoms with E-state index in [0.29, 0.717) is 0 Å². The van der Waals surface area contributed by atoms with Gasteiger partial charge < -0.3 is 9.84 Å². The van der Waals surface area contributed by atoms with Gasteiger partial charge in [0.1, 0.15) is 0 Å². The van der Waals surface area contributed by atoms with Crippen LogP contribution in [-0.4, -0.2) is 5.11 Å². The lowest BCUT2D eigenvalue weighted by Gasteiger charge is -2.29. The average molecular weight is 226 g/mol. The van der Waals surface area contributed by atoms with E-state index in [-0.39, 0.29) is 6.10 Å². The Hall–Kier alpha value is -1.64. The molecule has 1 aliphatic rings. The van der Waals surface area contributed by atoms with E-state index in [1.807, 2.05) is 48.5 Å². The van der Waals surface area contributed by atoms with Crippen LogP contribution in [0.4, 0.5) is 0 Å². The number of rotatable bonds is 1. The normalized spacial score (nSPS) is 23.1. The van der Waals surface area contributed by atoms with Gasteiger partial charge in [0.25, 0.3) is 0 Å². The molecule has 2 aromatic carbocycles. The van der Waals surface area contributed by atoms with E-state index in [9.17, 15) is 5.11 Å². The molecule has 17 heavy (non-hydrogen) atoms. The number of aliphatic hydroxyl groups excluding tert-OH is 1. The Morgan fingerprint density at radius 1 is 0.941 bits per heavy atom. The number of hydrogen-bond donors (Lipinski definition) is 1. The van der Waals surface area contributed by atoms with Gasteiger partial charge in [-0.3, -0.25) is 0 Å². The van der Waals surface area contributed by atoms with Crippen molar-refractivity contribution < 1.29 is 9.84 Å². The molecule has 2 heteroatoms. The lowest BCUT2D eigenvalue weighted by Crippen LogP contribution is -2.19. The van der Waals surface area contributed by atoms with Crippen molar-refractivity contribution in [2.45, 2.75) is 18.8 Å². The second-order valence-corrected chi connectivity index (χ2v) is 4.29. The molecule has 1 N–H and O–H groups in total. The van der Waals surface area contributed by atoms with Crippen LogP contribution in [0.15, 0.2) is 54.6 Å². The van der Waals surface area contributed by atoms with Crippen molar-refractivity contribution in [2.24, 2.45) is 0 Å². The standard InChI is InChI=1S/C15H14O2/c16-15-13-9-5-4-8-12(13)10-14(17-15)11-6-2-1-3-7-11/h1-9,14-16H,10H2. The van der Waals surface area contributed by atoms with Crippen molar-refractivity contribution in [2.75, 3.05) is 0 Å². The molecule has 0 spiro atoms. The summed E-state index contributed by atoms with van der Waals surface area (Å²) in [5, 5.41) is 9.97. The molecule has 0 fully saturated rings. The zero-order valence-electron chi connectivity index (χ0n) is 9.41. The molecule has 2 nitrogen and oxygen atoms in total. The summed E-state index contributed by atoms with van der Waals surface area (Å²) in [6, 6.07) is 17.9. The second kappa shape index (κ2) is 4.32. The van der Waals surface area contributed by atoms with Gasteiger partial charge in [-0.2, -0.15) is 0 Å². The van der Waals surface area contributed by atoms with Gasteiger partial charge in [-0.1, -0.05) is 54.6 Å². The van der Waals surface area contributed by atoms with Crippen molar-refractivity contribution in [1.29, 1.82) is 0 Å². The summed E-state index contributed by atoms with van der Waals surface area (Å²) >= 11 is 0. The third-order valence-corrected chi connectivity index (χ3v) is 3.19.